The van der Waals surface area contributed by atoms with Gasteiger partial charge in [0.15, 0.2) is 11.5 Å². The third kappa shape index (κ3) is 3.26. The smallest absolute Gasteiger partial charge is 0.331 e. The Kier molecular flexibility index (Phi) is 4.45. The number of carboxylic acid groups (broad SMARTS) is 1. The first-order valence-corrected chi connectivity index (χ1v) is 9.42. The normalized spacial score (nSPS) is 28.7. The monoisotopic (exact) mass is 342 g/mol. The Balaban J connectivity index is 1.50. The van der Waals surface area contributed by atoms with Gasteiger partial charge in [-0.05, 0) is 80.4 Å². The van der Waals surface area contributed by atoms with Crippen LogP contribution in [0.3, 0.4) is 0 Å². The SMILES string of the molecule is COc1ccc([C@H]2C[C@@H]3CC(C(=O)O)=C[C@@H]3C2)cc1OC1CCCC1. The summed E-state index contributed by atoms with van der Waals surface area (Å²) in [6, 6.07) is 6.32. The molecule has 0 radical (unpaired) electrons. The summed E-state index contributed by atoms with van der Waals surface area (Å²) < 4.78 is 11.7. The molecule has 0 bridgehead atoms. The number of fused-ring (bicyclic) bond motifs is 1. The molecule has 1 aromatic carbocycles. The topological polar surface area (TPSA) is 55.8 Å². The lowest BCUT2D eigenvalue weighted by Crippen LogP contribution is -2.12. The number of aliphatic carboxylic acids is 1. The number of allylic oxidation sites excluding steroid dienone is 1. The molecule has 3 aliphatic rings. The van der Waals surface area contributed by atoms with E-state index < -0.39 is 5.97 Å². The standard InChI is InChI=1S/C21H26O4/c1-24-19-7-6-13(12-20(19)25-18-4-2-3-5-18)14-8-15-10-17(21(22)23)11-16(15)9-14/h6-7,10,12,14-16,18H,2-5,8-9,11H2,1H3,(H,22,23)/t14-,15+,16-/m1/s1. The number of carbonyl (C=O) groups is 1. The van der Waals surface area contributed by atoms with Gasteiger partial charge in [0.2, 0.25) is 0 Å². The minimum absolute atomic E-state index is 0.313. The highest BCUT2D eigenvalue weighted by atomic mass is 16.5. The summed E-state index contributed by atoms with van der Waals surface area (Å²) in [5, 5.41) is 9.18. The molecule has 0 spiro atoms. The van der Waals surface area contributed by atoms with E-state index in [-0.39, 0.29) is 0 Å². The van der Waals surface area contributed by atoms with Gasteiger partial charge in [0.1, 0.15) is 0 Å². The van der Waals surface area contributed by atoms with Crippen LogP contribution in [-0.2, 0) is 4.79 Å². The molecule has 25 heavy (non-hydrogen) atoms. The van der Waals surface area contributed by atoms with Gasteiger partial charge in [-0.25, -0.2) is 4.79 Å². The van der Waals surface area contributed by atoms with Crippen molar-refractivity contribution in [2.75, 3.05) is 7.11 Å². The number of hydrogen-bond acceptors (Lipinski definition) is 3. The third-order valence-corrected chi connectivity index (χ3v) is 6.18. The minimum Gasteiger partial charge on any atom is -0.493 e. The first-order valence-electron chi connectivity index (χ1n) is 9.42. The summed E-state index contributed by atoms with van der Waals surface area (Å²) in [7, 11) is 1.69. The highest BCUT2D eigenvalue weighted by molar-refractivity contribution is 5.87. The van der Waals surface area contributed by atoms with Gasteiger partial charge in [-0.1, -0.05) is 12.1 Å². The molecule has 2 fully saturated rings. The fourth-order valence-electron chi connectivity index (χ4n) is 4.86. The van der Waals surface area contributed by atoms with Crippen molar-refractivity contribution in [1.82, 2.24) is 0 Å². The van der Waals surface area contributed by atoms with Crippen LogP contribution in [0.15, 0.2) is 29.8 Å². The molecule has 0 saturated heterocycles. The quantitative estimate of drug-likeness (QED) is 0.853. The van der Waals surface area contributed by atoms with Crippen LogP contribution in [0.1, 0.15) is 56.4 Å². The zero-order chi connectivity index (χ0) is 17.4. The summed E-state index contributed by atoms with van der Waals surface area (Å²) >= 11 is 0. The van der Waals surface area contributed by atoms with Crippen molar-refractivity contribution < 1.29 is 19.4 Å². The zero-order valence-corrected chi connectivity index (χ0v) is 14.7. The molecule has 0 aliphatic heterocycles. The van der Waals surface area contributed by atoms with Crippen LogP contribution in [0.5, 0.6) is 11.5 Å². The van der Waals surface area contributed by atoms with Gasteiger partial charge >= 0.3 is 5.97 Å². The van der Waals surface area contributed by atoms with Crippen molar-refractivity contribution in [2.24, 2.45) is 11.8 Å². The summed E-state index contributed by atoms with van der Waals surface area (Å²) in [6.45, 7) is 0. The summed E-state index contributed by atoms with van der Waals surface area (Å²) in [4.78, 5) is 11.2. The van der Waals surface area contributed by atoms with Crippen LogP contribution in [-0.4, -0.2) is 24.3 Å². The highest BCUT2D eigenvalue weighted by Gasteiger charge is 2.39. The van der Waals surface area contributed by atoms with E-state index in [1.54, 1.807) is 7.11 Å². The molecule has 0 amide bonds. The van der Waals surface area contributed by atoms with E-state index in [2.05, 4.69) is 12.1 Å². The molecule has 4 nitrogen and oxygen atoms in total. The lowest BCUT2D eigenvalue weighted by molar-refractivity contribution is -0.132. The summed E-state index contributed by atoms with van der Waals surface area (Å²) in [5.41, 5.74) is 1.90. The van der Waals surface area contributed by atoms with E-state index in [9.17, 15) is 9.90 Å². The van der Waals surface area contributed by atoms with Crippen LogP contribution in [0.2, 0.25) is 0 Å². The molecule has 0 unspecified atom stereocenters. The average molecular weight is 342 g/mol. The van der Waals surface area contributed by atoms with Gasteiger partial charge in [0.25, 0.3) is 0 Å². The third-order valence-electron chi connectivity index (χ3n) is 6.18. The minimum atomic E-state index is -0.748. The molecular formula is C21H26O4. The molecule has 2 saturated carbocycles. The second-order valence-electron chi connectivity index (χ2n) is 7.73. The maximum atomic E-state index is 11.2. The van der Waals surface area contributed by atoms with Gasteiger partial charge in [0.05, 0.1) is 13.2 Å². The number of hydrogen-bond donors (Lipinski definition) is 1. The van der Waals surface area contributed by atoms with Gasteiger partial charge in [-0.3, -0.25) is 0 Å². The van der Waals surface area contributed by atoms with Crippen molar-refractivity contribution >= 4 is 5.97 Å². The van der Waals surface area contributed by atoms with E-state index in [1.165, 1.54) is 18.4 Å². The van der Waals surface area contributed by atoms with Crippen molar-refractivity contribution in [3.8, 4) is 11.5 Å². The Morgan fingerprint density at radius 3 is 2.64 bits per heavy atom. The number of carboxylic acids is 1. The zero-order valence-electron chi connectivity index (χ0n) is 14.7. The van der Waals surface area contributed by atoms with E-state index in [0.29, 0.717) is 29.4 Å². The van der Waals surface area contributed by atoms with Gasteiger partial charge in [0, 0.05) is 5.57 Å². The molecule has 3 atom stereocenters. The molecule has 1 aromatic rings. The van der Waals surface area contributed by atoms with E-state index >= 15 is 0 Å². The maximum Gasteiger partial charge on any atom is 0.331 e. The number of methoxy groups -OCH3 is 1. The first kappa shape index (κ1) is 16.5. The predicted octanol–water partition coefficient (Wildman–Crippen LogP) is 4.54. The van der Waals surface area contributed by atoms with Crippen LogP contribution in [0.4, 0.5) is 0 Å². The van der Waals surface area contributed by atoms with Crippen molar-refractivity contribution in [2.45, 2.75) is 57.0 Å². The van der Waals surface area contributed by atoms with E-state index in [0.717, 1.165) is 43.6 Å². The van der Waals surface area contributed by atoms with Crippen LogP contribution in [0, 0.1) is 11.8 Å². The molecule has 4 heteroatoms. The van der Waals surface area contributed by atoms with Crippen molar-refractivity contribution in [3.05, 3.63) is 35.4 Å². The van der Waals surface area contributed by atoms with Crippen LogP contribution < -0.4 is 9.47 Å². The maximum absolute atomic E-state index is 11.2. The summed E-state index contributed by atoms with van der Waals surface area (Å²) in [5.74, 6) is 2.31. The number of benzene rings is 1. The fraction of sp³-hybridized carbons (Fsp3) is 0.571. The fourth-order valence-corrected chi connectivity index (χ4v) is 4.86. The van der Waals surface area contributed by atoms with Gasteiger partial charge < -0.3 is 14.6 Å². The van der Waals surface area contributed by atoms with E-state index in [4.69, 9.17) is 9.47 Å². The van der Waals surface area contributed by atoms with Gasteiger partial charge in [-0.15, -0.1) is 0 Å². The summed E-state index contributed by atoms with van der Waals surface area (Å²) in [6.07, 6.45) is 9.88. The molecule has 1 N–H and O–H groups in total. The Morgan fingerprint density at radius 2 is 1.96 bits per heavy atom. The second kappa shape index (κ2) is 6.74. The van der Waals surface area contributed by atoms with Gasteiger partial charge in [-0.2, -0.15) is 0 Å². The Bertz CT molecular complexity index is 687. The lowest BCUT2D eigenvalue weighted by atomic mass is 9.94. The van der Waals surface area contributed by atoms with Crippen molar-refractivity contribution in [1.29, 1.82) is 0 Å². The highest BCUT2D eigenvalue weighted by Crippen LogP contribution is 2.50. The Morgan fingerprint density at radius 1 is 1.16 bits per heavy atom. The molecule has 0 aromatic heterocycles. The Labute approximate surface area is 148 Å². The molecular weight excluding hydrogens is 316 g/mol. The number of rotatable bonds is 5. The largest absolute Gasteiger partial charge is 0.493 e. The van der Waals surface area contributed by atoms with Crippen LogP contribution in [0.25, 0.3) is 0 Å². The van der Waals surface area contributed by atoms with Crippen molar-refractivity contribution in [3.63, 3.8) is 0 Å². The Hall–Kier alpha value is -1.97. The predicted molar refractivity (Wildman–Crippen MR) is 95.2 cm³/mol. The number of ether oxygens (including phenoxy) is 2. The molecule has 3 aliphatic carbocycles. The molecule has 0 heterocycles. The molecule has 134 valence electrons. The average Bonchev–Trinajstić information content (AvgIpc) is 3.30. The van der Waals surface area contributed by atoms with Crippen LogP contribution >= 0.6 is 0 Å². The first-order chi connectivity index (χ1) is 12.1. The molecule has 4 rings (SSSR count). The second-order valence-corrected chi connectivity index (χ2v) is 7.73. The van der Waals surface area contributed by atoms with E-state index in [1.807, 2.05) is 12.1 Å². The lowest BCUT2D eigenvalue weighted by Gasteiger charge is -2.19.